The Bertz CT molecular complexity index is 377. The summed E-state index contributed by atoms with van der Waals surface area (Å²) in [6.45, 7) is 0.769. The van der Waals surface area contributed by atoms with E-state index in [0.29, 0.717) is 5.92 Å². The first-order chi connectivity index (χ1) is 8.33. The topological polar surface area (TPSA) is 57.8 Å². The SMILES string of the molecule is O=C(NCCCc1ncc[nH]1)C1CC2CC2C1. The van der Waals surface area contributed by atoms with Gasteiger partial charge in [-0.2, -0.15) is 0 Å². The molecule has 17 heavy (non-hydrogen) atoms. The monoisotopic (exact) mass is 233 g/mol. The standard InChI is InChI=1S/C13H19N3O/c17-13(11-7-9-6-10(9)8-11)16-3-1-2-12-14-4-5-15-12/h4-5,9-11H,1-3,6-8H2,(H,14,15)(H,16,17). The molecular weight excluding hydrogens is 214 g/mol. The number of imidazole rings is 1. The van der Waals surface area contributed by atoms with Crippen molar-refractivity contribution < 1.29 is 4.79 Å². The molecule has 1 amide bonds. The average Bonchev–Trinajstić information content (AvgIpc) is 2.81. The highest BCUT2D eigenvalue weighted by Gasteiger charge is 2.47. The molecule has 2 aliphatic rings. The molecule has 2 N–H and O–H groups in total. The Morgan fingerprint density at radius 3 is 2.94 bits per heavy atom. The molecule has 92 valence electrons. The number of carbonyl (C=O) groups is 1. The number of H-pyrrole nitrogens is 1. The number of hydrogen-bond donors (Lipinski definition) is 2. The van der Waals surface area contributed by atoms with Crippen LogP contribution in [0.3, 0.4) is 0 Å². The summed E-state index contributed by atoms with van der Waals surface area (Å²) in [5.41, 5.74) is 0. The van der Waals surface area contributed by atoms with Gasteiger partial charge in [-0.1, -0.05) is 0 Å². The maximum Gasteiger partial charge on any atom is 0.223 e. The molecule has 4 heteroatoms. The van der Waals surface area contributed by atoms with Crippen LogP contribution in [0.2, 0.25) is 0 Å². The molecule has 0 radical (unpaired) electrons. The van der Waals surface area contributed by atoms with Crippen molar-refractivity contribution in [2.75, 3.05) is 6.54 Å². The van der Waals surface area contributed by atoms with Gasteiger partial charge in [0.1, 0.15) is 5.82 Å². The van der Waals surface area contributed by atoms with Crippen molar-refractivity contribution in [3.8, 4) is 0 Å². The predicted octanol–water partition coefficient (Wildman–Crippen LogP) is 1.50. The quantitative estimate of drug-likeness (QED) is 0.757. The molecule has 1 aromatic heterocycles. The van der Waals surface area contributed by atoms with Gasteiger partial charge in [-0.25, -0.2) is 4.98 Å². The number of nitrogens with one attached hydrogen (secondary N) is 2. The van der Waals surface area contributed by atoms with Gasteiger partial charge in [0, 0.05) is 31.3 Å². The van der Waals surface area contributed by atoms with Gasteiger partial charge in [0.2, 0.25) is 5.91 Å². The maximum atomic E-state index is 11.8. The molecule has 2 aliphatic carbocycles. The molecule has 4 nitrogen and oxygen atoms in total. The minimum absolute atomic E-state index is 0.275. The Kier molecular flexibility index (Phi) is 2.87. The van der Waals surface area contributed by atoms with Crippen molar-refractivity contribution in [3.05, 3.63) is 18.2 Å². The second kappa shape index (κ2) is 4.51. The molecule has 0 aliphatic heterocycles. The van der Waals surface area contributed by atoms with Gasteiger partial charge in [0.05, 0.1) is 0 Å². The van der Waals surface area contributed by atoms with E-state index in [4.69, 9.17) is 0 Å². The van der Waals surface area contributed by atoms with Crippen LogP contribution < -0.4 is 5.32 Å². The second-order valence-electron chi connectivity index (χ2n) is 5.35. The lowest BCUT2D eigenvalue weighted by Gasteiger charge is -2.11. The fourth-order valence-corrected chi connectivity index (χ4v) is 2.98. The molecule has 2 unspecified atom stereocenters. The van der Waals surface area contributed by atoms with E-state index >= 15 is 0 Å². The third kappa shape index (κ3) is 2.51. The van der Waals surface area contributed by atoms with Crippen molar-refractivity contribution in [3.63, 3.8) is 0 Å². The number of aromatic nitrogens is 2. The molecule has 0 aromatic carbocycles. The fraction of sp³-hybridized carbons (Fsp3) is 0.692. The van der Waals surface area contributed by atoms with Crippen LogP contribution >= 0.6 is 0 Å². The van der Waals surface area contributed by atoms with Crippen molar-refractivity contribution in [2.45, 2.75) is 32.1 Å². The number of carbonyl (C=O) groups excluding carboxylic acids is 1. The third-order valence-corrected chi connectivity index (χ3v) is 4.06. The van der Waals surface area contributed by atoms with Crippen molar-refractivity contribution in [2.24, 2.45) is 17.8 Å². The van der Waals surface area contributed by atoms with E-state index in [9.17, 15) is 4.79 Å². The Labute approximate surface area is 101 Å². The van der Waals surface area contributed by atoms with Crippen LogP contribution in [-0.4, -0.2) is 22.4 Å². The summed E-state index contributed by atoms with van der Waals surface area (Å²) in [6, 6.07) is 0. The number of rotatable bonds is 5. The van der Waals surface area contributed by atoms with Crippen LogP contribution in [0.4, 0.5) is 0 Å². The van der Waals surface area contributed by atoms with E-state index in [0.717, 1.165) is 49.9 Å². The molecular formula is C13H19N3O. The molecule has 2 saturated carbocycles. The summed E-state index contributed by atoms with van der Waals surface area (Å²) in [7, 11) is 0. The highest BCUT2D eigenvalue weighted by atomic mass is 16.1. The molecule has 0 spiro atoms. The Balaban J connectivity index is 1.32. The van der Waals surface area contributed by atoms with Gasteiger partial charge in [-0.15, -0.1) is 0 Å². The Morgan fingerprint density at radius 1 is 1.41 bits per heavy atom. The Hall–Kier alpha value is -1.32. The van der Waals surface area contributed by atoms with Gasteiger partial charge in [0.15, 0.2) is 0 Å². The molecule has 3 rings (SSSR count). The lowest BCUT2D eigenvalue weighted by molar-refractivity contribution is -0.125. The first kappa shape index (κ1) is 10.8. The van der Waals surface area contributed by atoms with E-state index in [1.165, 1.54) is 6.42 Å². The Morgan fingerprint density at radius 2 is 2.24 bits per heavy atom. The van der Waals surface area contributed by atoms with Crippen LogP contribution in [0.1, 0.15) is 31.5 Å². The number of aromatic amines is 1. The summed E-state index contributed by atoms with van der Waals surface area (Å²) in [4.78, 5) is 19.1. The number of fused-ring (bicyclic) bond motifs is 1. The van der Waals surface area contributed by atoms with Gasteiger partial charge in [-0.05, 0) is 37.5 Å². The van der Waals surface area contributed by atoms with Gasteiger partial charge < -0.3 is 10.3 Å². The van der Waals surface area contributed by atoms with Crippen LogP contribution in [0.25, 0.3) is 0 Å². The highest BCUT2D eigenvalue weighted by Crippen LogP contribution is 2.54. The van der Waals surface area contributed by atoms with E-state index in [1.807, 2.05) is 6.20 Å². The number of nitrogens with zero attached hydrogens (tertiary/aromatic N) is 1. The van der Waals surface area contributed by atoms with Crippen LogP contribution in [0.5, 0.6) is 0 Å². The number of aryl methyl sites for hydroxylation is 1. The summed E-state index contributed by atoms with van der Waals surface area (Å²) in [6.07, 6.45) is 9.10. The second-order valence-corrected chi connectivity index (χ2v) is 5.35. The zero-order valence-corrected chi connectivity index (χ0v) is 9.98. The zero-order valence-electron chi connectivity index (χ0n) is 9.98. The lowest BCUT2D eigenvalue weighted by atomic mass is 10.0. The predicted molar refractivity (Wildman–Crippen MR) is 64.2 cm³/mol. The first-order valence-electron chi connectivity index (χ1n) is 6.59. The molecule has 2 fully saturated rings. The van der Waals surface area contributed by atoms with Crippen LogP contribution in [0.15, 0.2) is 12.4 Å². The van der Waals surface area contributed by atoms with Crippen LogP contribution in [-0.2, 0) is 11.2 Å². The lowest BCUT2D eigenvalue weighted by Crippen LogP contribution is -2.31. The number of hydrogen-bond acceptors (Lipinski definition) is 2. The average molecular weight is 233 g/mol. The van der Waals surface area contributed by atoms with E-state index < -0.39 is 0 Å². The third-order valence-electron chi connectivity index (χ3n) is 4.06. The first-order valence-corrected chi connectivity index (χ1v) is 6.59. The minimum atomic E-state index is 0.275. The van der Waals surface area contributed by atoms with E-state index in [-0.39, 0.29) is 5.91 Å². The minimum Gasteiger partial charge on any atom is -0.356 e. The molecule has 0 saturated heterocycles. The largest absolute Gasteiger partial charge is 0.356 e. The van der Waals surface area contributed by atoms with Gasteiger partial charge >= 0.3 is 0 Å². The number of amides is 1. The molecule has 2 atom stereocenters. The zero-order chi connectivity index (χ0) is 11.7. The van der Waals surface area contributed by atoms with Gasteiger partial charge in [-0.3, -0.25) is 4.79 Å². The fourth-order valence-electron chi connectivity index (χ4n) is 2.98. The maximum absolute atomic E-state index is 11.8. The summed E-state index contributed by atoms with van der Waals surface area (Å²) in [5, 5.41) is 3.05. The van der Waals surface area contributed by atoms with E-state index in [2.05, 4.69) is 15.3 Å². The molecule has 0 bridgehead atoms. The highest BCUT2D eigenvalue weighted by molar-refractivity contribution is 5.79. The molecule has 1 aromatic rings. The van der Waals surface area contributed by atoms with Crippen molar-refractivity contribution in [1.29, 1.82) is 0 Å². The normalized spacial score (nSPS) is 30.0. The van der Waals surface area contributed by atoms with Crippen molar-refractivity contribution in [1.82, 2.24) is 15.3 Å². The van der Waals surface area contributed by atoms with Crippen LogP contribution in [0, 0.1) is 17.8 Å². The summed E-state index contributed by atoms with van der Waals surface area (Å²) < 4.78 is 0. The van der Waals surface area contributed by atoms with Crippen molar-refractivity contribution >= 4 is 5.91 Å². The molecule has 1 heterocycles. The smallest absolute Gasteiger partial charge is 0.223 e. The van der Waals surface area contributed by atoms with Gasteiger partial charge in [0.25, 0.3) is 0 Å². The summed E-state index contributed by atoms with van der Waals surface area (Å²) >= 11 is 0. The van der Waals surface area contributed by atoms with E-state index in [1.54, 1.807) is 6.20 Å². The summed E-state index contributed by atoms with van der Waals surface area (Å²) in [5.74, 6) is 3.35.